The fraction of sp³-hybridized carbons (Fsp3) is 0.516. The fourth-order valence-electron chi connectivity index (χ4n) is 5.08. The first-order valence-electron chi connectivity index (χ1n) is 14.9. The number of amides is 3. The van der Waals surface area contributed by atoms with Crippen molar-refractivity contribution >= 4 is 50.9 Å². The second-order valence-corrected chi connectivity index (χ2v) is 15.3. The minimum atomic E-state index is -4.82. The number of likely N-dealkylation sites (tertiary alicyclic amines) is 1. The molecule has 0 bridgehead atoms. The smallest absolute Gasteiger partial charge is 0.416 e. The molecule has 3 amide bonds. The Kier molecular flexibility index (Phi) is 13.0. The molecule has 0 spiro atoms. The molecular weight excluding hydrogens is 684 g/mol. The van der Waals surface area contributed by atoms with Crippen molar-refractivity contribution in [1.82, 2.24) is 20.9 Å². The Morgan fingerprint density at radius 1 is 1.04 bits per heavy atom. The Bertz CT molecular complexity index is 1580. The maximum absolute atomic E-state index is 14.3. The van der Waals surface area contributed by atoms with Gasteiger partial charge in [-0.25, -0.2) is 13.2 Å². The maximum Gasteiger partial charge on any atom is 0.416 e. The summed E-state index contributed by atoms with van der Waals surface area (Å²) in [6, 6.07) is 5.98. The summed E-state index contributed by atoms with van der Waals surface area (Å²) in [5.74, 6) is -1.55. The van der Waals surface area contributed by atoms with Gasteiger partial charge in [0.2, 0.25) is 5.91 Å². The highest BCUT2D eigenvalue weighted by atomic mass is 35.5. The molecule has 10 nitrogen and oxygen atoms in total. The van der Waals surface area contributed by atoms with Crippen molar-refractivity contribution in [2.24, 2.45) is 5.92 Å². The number of ether oxygens (including phenoxy) is 1. The van der Waals surface area contributed by atoms with Crippen LogP contribution in [0, 0.1) is 5.92 Å². The van der Waals surface area contributed by atoms with E-state index < -0.39 is 45.1 Å². The van der Waals surface area contributed by atoms with Crippen LogP contribution in [-0.2, 0) is 38.6 Å². The van der Waals surface area contributed by atoms with Crippen LogP contribution in [0.25, 0.3) is 0 Å². The predicted octanol–water partition coefficient (Wildman–Crippen LogP) is 5.59. The van der Waals surface area contributed by atoms with E-state index in [2.05, 4.69) is 16.0 Å². The lowest BCUT2D eigenvalue weighted by Gasteiger charge is -2.33. The number of nitrogens with zero attached hydrogens (tertiary/aromatic N) is 1. The third-order valence-corrected chi connectivity index (χ3v) is 9.71. The van der Waals surface area contributed by atoms with E-state index in [1.807, 2.05) is 4.90 Å². The van der Waals surface area contributed by atoms with Gasteiger partial charge in [0, 0.05) is 41.8 Å². The molecule has 260 valence electrons. The Hall–Kier alpha value is -3.07. The second kappa shape index (κ2) is 15.9. The van der Waals surface area contributed by atoms with Gasteiger partial charge in [-0.3, -0.25) is 14.5 Å². The number of hydrogen-bond donors (Lipinski definition) is 3. The molecule has 0 unspecified atom stereocenters. The van der Waals surface area contributed by atoms with E-state index in [0.717, 1.165) is 18.6 Å². The Morgan fingerprint density at radius 3 is 2.38 bits per heavy atom. The molecule has 2 aromatic carbocycles. The molecule has 1 heterocycles. The molecule has 1 atom stereocenters. The van der Waals surface area contributed by atoms with Crippen LogP contribution in [0.5, 0.6) is 0 Å². The zero-order chi connectivity index (χ0) is 35.2. The topological polar surface area (TPSA) is 134 Å². The number of hydrogen-bond acceptors (Lipinski definition) is 7. The highest BCUT2D eigenvalue weighted by Crippen LogP contribution is 2.37. The summed E-state index contributed by atoms with van der Waals surface area (Å²) in [7, 11) is -3.66. The summed E-state index contributed by atoms with van der Waals surface area (Å²) in [5.41, 5.74) is -2.10. The average molecular weight is 724 g/mol. The van der Waals surface area contributed by atoms with E-state index >= 15 is 0 Å². The molecule has 0 aromatic heterocycles. The summed E-state index contributed by atoms with van der Waals surface area (Å²) >= 11 is 12.4. The number of alkyl halides is 3. The summed E-state index contributed by atoms with van der Waals surface area (Å²) in [6.45, 7) is 6.99. The Balaban J connectivity index is 1.68. The van der Waals surface area contributed by atoms with Crippen LogP contribution in [-0.4, -0.2) is 68.8 Å². The number of piperidine rings is 1. The molecule has 2 aromatic rings. The third kappa shape index (κ3) is 11.5. The second-order valence-electron chi connectivity index (χ2n) is 12.2. The lowest BCUT2D eigenvalue weighted by molar-refractivity contribution is -0.138. The van der Waals surface area contributed by atoms with Gasteiger partial charge in [-0.15, -0.1) is 0 Å². The van der Waals surface area contributed by atoms with E-state index in [4.69, 9.17) is 27.9 Å². The monoisotopic (exact) mass is 722 g/mol. The minimum absolute atomic E-state index is 0.0362. The van der Waals surface area contributed by atoms with Gasteiger partial charge in [-0.1, -0.05) is 30.1 Å². The first-order valence-corrected chi connectivity index (χ1v) is 17.3. The van der Waals surface area contributed by atoms with Crippen LogP contribution in [0.2, 0.25) is 10.0 Å². The maximum atomic E-state index is 14.3. The van der Waals surface area contributed by atoms with Gasteiger partial charge < -0.3 is 20.7 Å². The molecular formula is C31H39Cl2F3N4O6S. The molecule has 1 aliphatic heterocycles. The zero-order valence-corrected chi connectivity index (χ0v) is 28.9. The molecule has 16 heteroatoms. The molecule has 3 rings (SSSR count). The Morgan fingerprint density at radius 2 is 1.74 bits per heavy atom. The normalized spacial score (nSPS) is 16.0. The fourth-order valence-corrected chi connectivity index (χ4v) is 6.67. The molecule has 0 aliphatic carbocycles. The number of nitrogens with one attached hydrogen (secondary N) is 3. The lowest BCUT2D eigenvalue weighted by Crippen LogP contribution is -2.44. The highest BCUT2D eigenvalue weighted by molar-refractivity contribution is 7.91. The molecule has 1 fully saturated rings. The number of sulfone groups is 1. The summed E-state index contributed by atoms with van der Waals surface area (Å²) < 4.78 is 72.9. The number of benzene rings is 2. The van der Waals surface area contributed by atoms with Crippen molar-refractivity contribution in [2.75, 3.05) is 31.9 Å². The van der Waals surface area contributed by atoms with E-state index in [1.54, 1.807) is 20.8 Å². The number of carbonyl (C=O) groups is 3. The number of rotatable bonds is 11. The molecule has 0 radical (unpaired) electrons. The molecule has 3 N–H and O–H groups in total. The quantitative estimate of drug-likeness (QED) is 0.276. The van der Waals surface area contributed by atoms with Gasteiger partial charge in [0.15, 0.2) is 9.84 Å². The standard InChI is InChI=1S/C31H39Cl2F3N4O6S/c1-5-47(44,45)26-9-8-22(32)11-21(26)15-38-28(42)20-12-24(31(34,35)36)23(25(33)13-20)18-40-10-6-7-19(17-40)14-37-27(41)16-39-29(43)46-30(2,3)4/h8-9,11-13,19H,5-7,10,14-18H2,1-4H3,(H,37,41)(H,38,42)(H,39,43)/t19-/m0/s1. The van der Waals surface area contributed by atoms with Gasteiger partial charge in [-0.2, -0.15) is 13.2 Å². The predicted molar refractivity (Wildman–Crippen MR) is 172 cm³/mol. The van der Waals surface area contributed by atoms with Crippen molar-refractivity contribution in [3.63, 3.8) is 0 Å². The van der Waals surface area contributed by atoms with Gasteiger partial charge >= 0.3 is 12.3 Å². The first kappa shape index (κ1) is 38.4. The van der Waals surface area contributed by atoms with Crippen molar-refractivity contribution in [3.05, 3.63) is 62.6 Å². The number of alkyl carbamates (subject to hydrolysis) is 1. The zero-order valence-electron chi connectivity index (χ0n) is 26.5. The highest BCUT2D eigenvalue weighted by Gasteiger charge is 2.36. The van der Waals surface area contributed by atoms with Crippen LogP contribution >= 0.6 is 23.2 Å². The molecule has 47 heavy (non-hydrogen) atoms. The number of halogens is 5. The summed E-state index contributed by atoms with van der Waals surface area (Å²) in [5, 5.41) is 7.57. The van der Waals surface area contributed by atoms with Crippen molar-refractivity contribution < 1.29 is 40.7 Å². The molecule has 1 saturated heterocycles. The van der Waals surface area contributed by atoms with E-state index in [-0.39, 0.29) is 69.5 Å². The summed E-state index contributed by atoms with van der Waals surface area (Å²) in [6.07, 6.45) is -4.14. The molecule has 1 aliphatic rings. The van der Waals surface area contributed by atoms with Crippen LogP contribution in [0.1, 0.15) is 67.6 Å². The van der Waals surface area contributed by atoms with Gasteiger partial charge in [0.25, 0.3) is 5.91 Å². The first-order chi connectivity index (χ1) is 21.8. The van der Waals surface area contributed by atoms with Gasteiger partial charge in [-0.05, 0) is 87.5 Å². The van der Waals surface area contributed by atoms with Crippen LogP contribution in [0.3, 0.4) is 0 Å². The Labute approximate surface area is 282 Å². The van der Waals surface area contributed by atoms with Gasteiger partial charge in [0.1, 0.15) is 5.60 Å². The van der Waals surface area contributed by atoms with Crippen LogP contribution in [0.4, 0.5) is 18.0 Å². The van der Waals surface area contributed by atoms with Crippen LogP contribution < -0.4 is 16.0 Å². The lowest BCUT2D eigenvalue weighted by atomic mass is 9.96. The van der Waals surface area contributed by atoms with Crippen molar-refractivity contribution in [3.8, 4) is 0 Å². The minimum Gasteiger partial charge on any atom is -0.444 e. The number of carbonyl (C=O) groups excluding carboxylic acids is 3. The largest absolute Gasteiger partial charge is 0.444 e. The molecule has 0 saturated carbocycles. The van der Waals surface area contributed by atoms with Crippen LogP contribution in [0.15, 0.2) is 35.2 Å². The average Bonchev–Trinajstić information content (AvgIpc) is 2.97. The SMILES string of the molecule is CCS(=O)(=O)c1ccc(Cl)cc1CNC(=O)c1cc(Cl)c(CN2CCC[C@@H](CNC(=O)CNC(=O)OC(C)(C)C)C2)c(C(F)(F)F)c1. The van der Waals surface area contributed by atoms with Crippen molar-refractivity contribution in [1.29, 1.82) is 0 Å². The van der Waals surface area contributed by atoms with E-state index in [9.17, 15) is 36.0 Å². The van der Waals surface area contributed by atoms with Crippen molar-refractivity contribution in [2.45, 2.75) is 70.3 Å². The summed E-state index contributed by atoms with van der Waals surface area (Å²) in [4.78, 5) is 38.8. The van der Waals surface area contributed by atoms with Gasteiger partial charge in [0.05, 0.1) is 22.8 Å². The third-order valence-electron chi connectivity index (χ3n) is 7.31. The van der Waals surface area contributed by atoms with E-state index in [1.165, 1.54) is 25.1 Å². The van der Waals surface area contributed by atoms with E-state index in [0.29, 0.717) is 19.5 Å².